The molecule has 0 rings (SSSR count). The highest BCUT2D eigenvalue weighted by atomic mass is 31.2. The Hall–Kier alpha value is -6.62. The van der Waals surface area contributed by atoms with Crippen LogP contribution in [0.5, 0.6) is 0 Å². The Labute approximate surface area is 639 Å². The Morgan fingerprint density at radius 3 is 0.811 bits per heavy atom. The van der Waals surface area contributed by atoms with Crippen molar-refractivity contribution in [2.45, 2.75) is 264 Å². The van der Waals surface area contributed by atoms with Gasteiger partial charge < -0.3 is 33.8 Å². The summed E-state index contributed by atoms with van der Waals surface area (Å²) >= 11 is 0. The van der Waals surface area contributed by atoms with E-state index in [0.29, 0.717) is 44.9 Å². The standard InChI is InChI=1S/C87H134O17P2/c1-5-9-13-17-21-25-29-33-37-39-40-42-46-48-52-56-60-64-68-72-85(90)98-78-83(104-87(92)74-70-66-62-58-54-50-44-36-32-28-24-20-16-12-8-4)80-102-106(95,96)100-76-81(88)75-99-105(93,94)101-79-82(103-86(91)73-69-65-61-57-53-49-43-35-31-27-23-19-15-11-7-3)77-97-84(89)71-67-63-59-55-51-47-45-41-38-34-30-26-22-18-14-10-6-2/h9-16,21-28,33-38,40,42-45,47-48,52-53,55,57,59-60,64,81-83,88H,5-8,17-20,29-32,39,41,46,49-51,54,56,58,61-63,65-80H2,1-4H3,(H,93,94)(H,95,96)/b13-9-,14-10-,15-11-,16-12-,25-21-,26-22-,27-23-,28-24-,37-33-,38-34-,42-40-,43-35-,44-36-,47-45-,52-48-,57-53-,59-55-,64-60-. The van der Waals surface area contributed by atoms with Crippen molar-refractivity contribution >= 4 is 39.5 Å². The lowest BCUT2D eigenvalue weighted by Crippen LogP contribution is -2.30. The van der Waals surface area contributed by atoms with Gasteiger partial charge in [0.1, 0.15) is 19.3 Å². The van der Waals surface area contributed by atoms with Gasteiger partial charge in [-0.15, -0.1) is 0 Å². The molecule has 106 heavy (non-hydrogen) atoms. The Balaban J connectivity index is 5.56. The van der Waals surface area contributed by atoms with Crippen molar-refractivity contribution in [3.8, 4) is 0 Å². The first-order valence-electron chi connectivity index (χ1n) is 39.0. The van der Waals surface area contributed by atoms with Gasteiger partial charge in [-0.05, 0) is 173 Å². The van der Waals surface area contributed by atoms with Gasteiger partial charge in [0.15, 0.2) is 12.2 Å². The minimum Gasteiger partial charge on any atom is -0.462 e. The number of unbranched alkanes of at least 4 members (excludes halogenated alkanes) is 8. The average Bonchev–Trinajstić information content (AvgIpc) is 0.909. The number of phosphoric acid groups is 2. The first-order valence-corrected chi connectivity index (χ1v) is 42.0. The van der Waals surface area contributed by atoms with E-state index < -0.39 is 97.5 Å². The zero-order valence-corrected chi connectivity index (χ0v) is 66.5. The summed E-state index contributed by atoms with van der Waals surface area (Å²) in [4.78, 5) is 72.9. The molecule has 0 aromatic carbocycles. The molecule has 0 fully saturated rings. The quantitative estimate of drug-likeness (QED) is 0.0169. The summed E-state index contributed by atoms with van der Waals surface area (Å²) in [6, 6.07) is 0. The predicted molar refractivity (Wildman–Crippen MR) is 435 cm³/mol. The highest BCUT2D eigenvalue weighted by molar-refractivity contribution is 7.47. The molecule has 0 aliphatic rings. The summed E-state index contributed by atoms with van der Waals surface area (Å²) in [6.45, 7) is 4.14. The van der Waals surface area contributed by atoms with Crippen molar-refractivity contribution in [3.05, 3.63) is 219 Å². The van der Waals surface area contributed by atoms with Crippen molar-refractivity contribution in [1.82, 2.24) is 0 Å². The van der Waals surface area contributed by atoms with E-state index in [9.17, 15) is 43.2 Å². The second-order valence-electron chi connectivity index (χ2n) is 24.8. The van der Waals surface area contributed by atoms with E-state index in [0.717, 1.165) is 148 Å². The maximum absolute atomic E-state index is 13.1. The van der Waals surface area contributed by atoms with Gasteiger partial charge >= 0.3 is 39.5 Å². The molecule has 0 amide bonds. The first-order chi connectivity index (χ1) is 51.7. The molecule has 0 saturated carbocycles. The molecular formula is C87H134O17P2. The van der Waals surface area contributed by atoms with Gasteiger partial charge in [-0.3, -0.25) is 37.3 Å². The van der Waals surface area contributed by atoms with Gasteiger partial charge in [-0.25, -0.2) is 9.13 Å². The summed E-state index contributed by atoms with van der Waals surface area (Å²) in [5.41, 5.74) is 0. The van der Waals surface area contributed by atoms with E-state index in [1.807, 2.05) is 36.5 Å². The van der Waals surface area contributed by atoms with Gasteiger partial charge in [0.2, 0.25) is 0 Å². The monoisotopic (exact) mass is 1510 g/mol. The Morgan fingerprint density at radius 2 is 0.491 bits per heavy atom. The number of hydrogen-bond acceptors (Lipinski definition) is 15. The maximum atomic E-state index is 13.1. The van der Waals surface area contributed by atoms with Gasteiger partial charge in [0.25, 0.3) is 0 Å². The molecule has 3 N–H and O–H groups in total. The molecular weight excluding hydrogens is 1380 g/mol. The van der Waals surface area contributed by atoms with Crippen LogP contribution in [0.2, 0.25) is 0 Å². The highest BCUT2D eigenvalue weighted by Gasteiger charge is 2.30. The minimum absolute atomic E-state index is 0.0186. The van der Waals surface area contributed by atoms with Crippen LogP contribution in [0.1, 0.15) is 246 Å². The number of aliphatic hydroxyl groups is 1. The molecule has 0 heterocycles. The molecule has 0 aliphatic heterocycles. The lowest BCUT2D eigenvalue weighted by atomic mass is 10.1. The molecule has 0 aromatic heterocycles. The number of aliphatic hydroxyl groups excluding tert-OH is 1. The number of carbonyl (C=O) groups is 4. The number of ether oxygens (including phenoxy) is 4. The van der Waals surface area contributed by atoms with Gasteiger partial charge in [-0.1, -0.05) is 266 Å². The summed E-state index contributed by atoms with van der Waals surface area (Å²) in [5.74, 6) is -2.44. The lowest BCUT2D eigenvalue weighted by Gasteiger charge is -2.21. The van der Waals surface area contributed by atoms with Crippen LogP contribution < -0.4 is 0 Å². The van der Waals surface area contributed by atoms with Crippen LogP contribution in [0.4, 0.5) is 0 Å². The summed E-state index contributed by atoms with van der Waals surface area (Å²) in [5, 5.41) is 10.6. The molecule has 0 aromatic rings. The summed E-state index contributed by atoms with van der Waals surface area (Å²) in [7, 11) is -10.0. The SMILES string of the molecule is CC/C=C\C/C=C\C/C=C\C/C=C\C/C=C\C/C=C\CCC(=O)OCC(COP(=O)(O)OCC(O)COP(=O)(O)OCC(COC(=O)CCC/C=C\C/C=C\C/C=C\C/C=C\C/C=C\CC)OC(=O)CCCC/C=C\C/C=C\C/C=C\C/C=C\CC)OC(=O)CCCCCCC/C=C\C/C=C\C/C=C\CC. The van der Waals surface area contributed by atoms with Crippen molar-refractivity contribution in [2.75, 3.05) is 39.6 Å². The number of phosphoric ester groups is 2. The number of esters is 4. The van der Waals surface area contributed by atoms with Crippen LogP contribution in [0.3, 0.4) is 0 Å². The third-order valence-corrected chi connectivity index (χ3v) is 16.8. The number of rotatable bonds is 70. The lowest BCUT2D eigenvalue weighted by molar-refractivity contribution is -0.161. The van der Waals surface area contributed by atoms with Crippen LogP contribution >= 0.6 is 15.6 Å². The van der Waals surface area contributed by atoms with Crippen LogP contribution in [0.25, 0.3) is 0 Å². The van der Waals surface area contributed by atoms with Crippen molar-refractivity contribution in [3.63, 3.8) is 0 Å². The molecule has 5 atom stereocenters. The fourth-order valence-corrected chi connectivity index (χ4v) is 10.7. The smallest absolute Gasteiger partial charge is 0.462 e. The van der Waals surface area contributed by atoms with Crippen LogP contribution in [0, 0.1) is 0 Å². The fourth-order valence-electron chi connectivity index (χ4n) is 9.17. The molecule has 17 nitrogen and oxygen atoms in total. The van der Waals surface area contributed by atoms with Crippen LogP contribution in [-0.4, -0.2) is 96.7 Å². The Bertz CT molecular complexity index is 2880. The topological polar surface area (TPSA) is 237 Å². The Morgan fingerprint density at radius 1 is 0.264 bits per heavy atom. The zero-order valence-electron chi connectivity index (χ0n) is 64.8. The zero-order chi connectivity index (χ0) is 77.4. The van der Waals surface area contributed by atoms with Gasteiger partial charge in [0, 0.05) is 25.7 Å². The Kier molecular flexibility index (Phi) is 71.8. The third kappa shape index (κ3) is 75.6. The second kappa shape index (κ2) is 76.6. The van der Waals surface area contributed by atoms with Gasteiger partial charge in [-0.2, -0.15) is 0 Å². The second-order valence-corrected chi connectivity index (χ2v) is 27.7. The number of carbonyl (C=O) groups excluding carboxylic acids is 4. The van der Waals surface area contributed by atoms with E-state index in [2.05, 4.69) is 210 Å². The number of hydrogen-bond donors (Lipinski definition) is 3. The average molecular weight is 1510 g/mol. The summed E-state index contributed by atoms with van der Waals surface area (Å²) in [6.07, 6.45) is 96.7. The minimum atomic E-state index is -5.02. The third-order valence-electron chi connectivity index (χ3n) is 14.9. The largest absolute Gasteiger partial charge is 0.472 e. The normalized spacial score (nSPS) is 15.0. The molecule has 19 heteroatoms. The molecule has 5 unspecified atom stereocenters. The molecule has 0 radical (unpaired) electrons. The maximum Gasteiger partial charge on any atom is 0.472 e. The molecule has 0 aliphatic carbocycles. The van der Waals surface area contributed by atoms with Crippen LogP contribution in [0.15, 0.2) is 219 Å². The van der Waals surface area contributed by atoms with Crippen molar-refractivity contribution in [1.29, 1.82) is 0 Å². The van der Waals surface area contributed by atoms with E-state index in [1.165, 1.54) is 0 Å². The van der Waals surface area contributed by atoms with Gasteiger partial charge in [0.05, 0.1) is 26.4 Å². The molecule has 0 spiro atoms. The molecule has 0 saturated heterocycles. The van der Waals surface area contributed by atoms with E-state index in [-0.39, 0.29) is 25.7 Å². The van der Waals surface area contributed by atoms with Crippen molar-refractivity contribution < 1.29 is 80.2 Å². The highest BCUT2D eigenvalue weighted by Crippen LogP contribution is 2.45. The van der Waals surface area contributed by atoms with Crippen molar-refractivity contribution in [2.24, 2.45) is 0 Å². The van der Waals surface area contributed by atoms with E-state index >= 15 is 0 Å². The first kappa shape index (κ1) is 99.4. The van der Waals surface area contributed by atoms with Crippen LogP contribution in [-0.2, 0) is 65.4 Å². The fraction of sp³-hybridized carbons (Fsp3) is 0.540. The summed E-state index contributed by atoms with van der Waals surface area (Å²) < 4.78 is 68.4. The predicted octanol–water partition coefficient (Wildman–Crippen LogP) is 22.9. The molecule has 594 valence electrons. The van der Waals surface area contributed by atoms with E-state index in [4.69, 9.17) is 37.0 Å². The molecule has 0 bridgehead atoms. The van der Waals surface area contributed by atoms with E-state index in [1.54, 1.807) is 0 Å². The number of allylic oxidation sites excluding steroid dienone is 36.